The number of aromatic carboxylic acids is 1. The highest BCUT2D eigenvalue weighted by atomic mass is 19.1. The number of amides is 1. The van der Waals surface area contributed by atoms with Crippen LogP contribution in [0.4, 0.5) is 14.7 Å². The molecule has 8 nitrogen and oxygen atoms in total. The Morgan fingerprint density at radius 3 is 2.50 bits per heavy atom. The smallest absolute Gasteiger partial charge is 0.354 e. The zero-order chi connectivity index (χ0) is 30.2. The van der Waals surface area contributed by atoms with Crippen LogP contribution in [-0.4, -0.2) is 55.0 Å². The Morgan fingerprint density at radius 1 is 1.05 bits per heavy atom. The Bertz CT molecular complexity index is 1630. The van der Waals surface area contributed by atoms with E-state index in [2.05, 4.69) is 20.2 Å². The van der Waals surface area contributed by atoms with E-state index in [1.807, 2.05) is 50.5 Å². The normalized spacial score (nSPS) is 17.4. The minimum Gasteiger partial charge on any atom is -0.477 e. The van der Waals surface area contributed by atoms with E-state index in [0.29, 0.717) is 31.1 Å². The molecular weight excluding hydrogens is 540 g/mol. The number of halogens is 2. The molecule has 10 heteroatoms. The van der Waals surface area contributed by atoms with Gasteiger partial charge < -0.3 is 9.67 Å². The molecule has 0 spiro atoms. The Balaban J connectivity index is 1.40. The van der Waals surface area contributed by atoms with Crippen LogP contribution < -0.4 is 5.32 Å². The van der Waals surface area contributed by atoms with Gasteiger partial charge in [-0.1, -0.05) is 35.9 Å². The topological polar surface area (TPSA) is 100 Å². The van der Waals surface area contributed by atoms with Crippen LogP contribution in [0.2, 0.25) is 0 Å². The number of hydrogen-bond acceptors (Lipinski definition) is 5. The summed E-state index contributed by atoms with van der Waals surface area (Å²) in [6.07, 6.45) is 4.90. The quantitative estimate of drug-likeness (QED) is 0.293. The molecule has 2 aromatic carbocycles. The standard InChI is InChI=1S/C32H33F2N5O3/c1-19-5-6-21(24(13-19)20-7-10-28(30(41)42)36-15-20)16-38-12-11-35-31(38)37-29(40)26-18-39(32(2,3)4)17-25(26)23-9-8-22(33)14-27(23)34/h5-15,25-26H,16-18H2,1-4H3,(H,41,42)(H,35,37,40)/t25-,26?/m0/s1. The summed E-state index contributed by atoms with van der Waals surface area (Å²) < 4.78 is 30.4. The van der Waals surface area contributed by atoms with Gasteiger partial charge in [-0.15, -0.1) is 0 Å². The molecule has 5 rings (SSSR count). The third-order valence-electron chi connectivity index (χ3n) is 7.82. The first-order valence-corrected chi connectivity index (χ1v) is 13.7. The number of nitrogens with one attached hydrogen (secondary N) is 1. The van der Waals surface area contributed by atoms with Gasteiger partial charge in [0, 0.05) is 54.8 Å². The van der Waals surface area contributed by atoms with Crippen molar-refractivity contribution in [2.75, 3.05) is 18.4 Å². The van der Waals surface area contributed by atoms with E-state index in [9.17, 15) is 23.5 Å². The van der Waals surface area contributed by atoms with E-state index in [1.165, 1.54) is 24.4 Å². The lowest BCUT2D eigenvalue weighted by molar-refractivity contribution is -0.120. The van der Waals surface area contributed by atoms with Gasteiger partial charge in [0.1, 0.15) is 17.3 Å². The Labute approximate surface area is 243 Å². The van der Waals surface area contributed by atoms with Gasteiger partial charge in [-0.3, -0.25) is 15.0 Å². The predicted octanol–water partition coefficient (Wildman–Crippen LogP) is 5.73. The second-order valence-electron chi connectivity index (χ2n) is 11.7. The first-order chi connectivity index (χ1) is 19.9. The molecule has 2 N–H and O–H groups in total. The van der Waals surface area contributed by atoms with Crippen LogP contribution in [-0.2, 0) is 11.3 Å². The van der Waals surface area contributed by atoms with E-state index >= 15 is 0 Å². The summed E-state index contributed by atoms with van der Waals surface area (Å²) in [7, 11) is 0. The third kappa shape index (κ3) is 6.08. The minimum absolute atomic E-state index is 0.0386. The van der Waals surface area contributed by atoms with Crippen molar-refractivity contribution < 1.29 is 23.5 Å². The molecule has 4 aromatic rings. The molecule has 1 amide bonds. The van der Waals surface area contributed by atoms with Crippen LogP contribution in [0.5, 0.6) is 0 Å². The van der Waals surface area contributed by atoms with Crippen molar-refractivity contribution in [1.29, 1.82) is 0 Å². The van der Waals surface area contributed by atoms with Crippen molar-refractivity contribution >= 4 is 17.8 Å². The summed E-state index contributed by atoms with van der Waals surface area (Å²) in [4.78, 5) is 35.6. The van der Waals surface area contributed by atoms with Gasteiger partial charge in [0.05, 0.1) is 12.5 Å². The Kier molecular flexibility index (Phi) is 7.92. The monoisotopic (exact) mass is 573 g/mol. The lowest BCUT2D eigenvalue weighted by Crippen LogP contribution is -2.40. The van der Waals surface area contributed by atoms with Crippen molar-refractivity contribution in [1.82, 2.24) is 19.4 Å². The fourth-order valence-electron chi connectivity index (χ4n) is 5.46. The minimum atomic E-state index is -1.10. The fraction of sp³-hybridized carbons (Fsp3) is 0.312. The lowest BCUT2D eigenvalue weighted by Gasteiger charge is -2.31. The van der Waals surface area contributed by atoms with Gasteiger partial charge in [-0.2, -0.15) is 0 Å². The van der Waals surface area contributed by atoms with Crippen LogP contribution in [0.25, 0.3) is 11.1 Å². The number of hydrogen-bond donors (Lipinski definition) is 2. The summed E-state index contributed by atoms with van der Waals surface area (Å²) in [5, 5.41) is 12.2. The molecule has 218 valence electrons. The highest BCUT2D eigenvalue weighted by Gasteiger charge is 2.43. The predicted molar refractivity (Wildman–Crippen MR) is 155 cm³/mol. The number of aryl methyl sites for hydroxylation is 1. The molecule has 1 unspecified atom stereocenters. The third-order valence-corrected chi connectivity index (χ3v) is 7.82. The number of pyridine rings is 1. The van der Waals surface area contributed by atoms with Gasteiger partial charge in [-0.25, -0.2) is 23.5 Å². The molecule has 0 radical (unpaired) electrons. The first kappa shape index (κ1) is 29.1. The average molecular weight is 574 g/mol. The number of nitrogens with zero attached hydrogens (tertiary/aromatic N) is 4. The fourth-order valence-corrected chi connectivity index (χ4v) is 5.46. The maximum atomic E-state index is 14.9. The molecule has 42 heavy (non-hydrogen) atoms. The van der Waals surface area contributed by atoms with Crippen molar-refractivity contribution in [3.8, 4) is 11.1 Å². The van der Waals surface area contributed by atoms with Gasteiger partial charge >= 0.3 is 5.97 Å². The highest BCUT2D eigenvalue weighted by Crippen LogP contribution is 2.38. The number of likely N-dealkylation sites (tertiary alicyclic amines) is 1. The van der Waals surface area contributed by atoms with Crippen LogP contribution in [0, 0.1) is 24.5 Å². The van der Waals surface area contributed by atoms with Gasteiger partial charge in [0.2, 0.25) is 11.9 Å². The SMILES string of the molecule is Cc1ccc(Cn2ccnc2NC(=O)C2CN(C(C)(C)C)C[C@H]2c2ccc(F)cc2F)c(-c2ccc(C(=O)O)nc2)c1. The van der Waals surface area contributed by atoms with Crippen LogP contribution in [0.3, 0.4) is 0 Å². The number of carboxylic acid groups (broad SMARTS) is 1. The van der Waals surface area contributed by atoms with E-state index in [-0.39, 0.29) is 17.1 Å². The number of anilines is 1. The molecule has 3 heterocycles. The number of imidazole rings is 1. The van der Waals surface area contributed by atoms with Crippen molar-refractivity contribution in [2.45, 2.75) is 45.7 Å². The number of carboxylic acids is 1. The summed E-state index contributed by atoms with van der Waals surface area (Å²) in [5.41, 5.74) is 3.63. The molecule has 1 aliphatic rings. The van der Waals surface area contributed by atoms with Crippen LogP contribution >= 0.6 is 0 Å². The Hall–Kier alpha value is -4.44. The molecule has 1 fully saturated rings. The number of benzene rings is 2. The zero-order valence-electron chi connectivity index (χ0n) is 23.9. The van der Waals surface area contributed by atoms with Gasteiger partial charge in [0.25, 0.3) is 0 Å². The van der Waals surface area contributed by atoms with Gasteiger partial charge in [-0.05, 0) is 56.5 Å². The lowest BCUT2D eigenvalue weighted by atomic mass is 9.88. The molecule has 0 saturated carbocycles. The van der Waals surface area contributed by atoms with Crippen LogP contribution in [0.15, 0.2) is 67.1 Å². The van der Waals surface area contributed by atoms with Gasteiger partial charge in [0.15, 0.2) is 0 Å². The summed E-state index contributed by atoms with van der Waals surface area (Å²) in [5.74, 6) is -3.40. The maximum absolute atomic E-state index is 14.9. The summed E-state index contributed by atoms with van der Waals surface area (Å²) in [6, 6.07) is 12.7. The molecule has 0 aliphatic carbocycles. The van der Waals surface area contributed by atoms with Crippen molar-refractivity contribution in [3.63, 3.8) is 0 Å². The number of carbonyl (C=O) groups excluding carboxylic acids is 1. The molecule has 0 bridgehead atoms. The van der Waals surface area contributed by atoms with E-state index in [4.69, 9.17) is 0 Å². The largest absolute Gasteiger partial charge is 0.477 e. The van der Waals surface area contributed by atoms with Crippen molar-refractivity contribution in [3.05, 3.63) is 101 Å². The molecule has 1 saturated heterocycles. The second kappa shape index (κ2) is 11.4. The van der Waals surface area contributed by atoms with E-state index in [1.54, 1.807) is 18.5 Å². The maximum Gasteiger partial charge on any atom is 0.354 e. The number of rotatable bonds is 7. The number of aromatic nitrogens is 3. The summed E-state index contributed by atoms with van der Waals surface area (Å²) >= 11 is 0. The highest BCUT2D eigenvalue weighted by molar-refractivity contribution is 5.92. The van der Waals surface area contributed by atoms with Crippen molar-refractivity contribution in [2.24, 2.45) is 5.92 Å². The Morgan fingerprint density at radius 2 is 1.83 bits per heavy atom. The zero-order valence-corrected chi connectivity index (χ0v) is 23.9. The molecular formula is C32H33F2N5O3. The first-order valence-electron chi connectivity index (χ1n) is 13.7. The summed E-state index contributed by atoms with van der Waals surface area (Å²) in [6.45, 7) is 9.35. The molecule has 2 aromatic heterocycles. The van der Waals surface area contributed by atoms with E-state index in [0.717, 1.165) is 28.3 Å². The molecule has 2 atom stereocenters. The number of carbonyl (C=O) groups is 2. The second-order valence-corrected chi connectivity index (χ2v) is 11.7. The molecule has 1 aliphatic heterocycles. The van der Waals surface area contributed by atoms with Crippen LogP contribution in [0.1, 0.15) is 53.9 Å². The average Bonchev–Trinajstić information content (AvgIpc) is 3.57. The van der Waals surface area contributed by atoms with E-state index < -0.39 is 29.4 Å².